The van der Waals surface area contributed by atoms with Crippen molar-refractivity contribution < 1.29 is 4.74 Å². The Kier molecular flexibility index (Phi) is 2.97. The van der Waals surface area contributed by atoms with Crippen LogP contribution in [0.15, 0.2) is 0 Å². The van der Waals surface area contributed by atoms with Crippen LogP contribution in [-0.4, -0.2) is 33.9 Å². The summed E-state index contributed by atoms with van der Waals surface area (Å²) < 4.78 is 6.66. The van der Waals surface area contributed by atoms with Gasteiger partial charge in [-0.25, -0.2) is 4.68 Å². The van der Waals surface area contributed by atoms with E-state index in [0.29, 0.717) is 0 Å². The Hall–Kier alpha value is -0.970. The molecule has 0 spiro atoms. The molecule has 62 valence electrons. The van der Waals surface area contributed by atoms with Crippen LogP contribution in [0.1, 0.15) is 12.2 Å². The SMILES string of the molecule is COCCCn1nnnc1C. The molecule has 0 fully saturated rings. The summed E-state index contributed by atoms with van der Waals surface area (Å²) in [5.74, 6) is 0.848. The minimum atomic E-state index is 0.749. The summed E-state index contributed by atoms with van der Waals surface area (Å²) in [5, 5.41) is 11.1. The number of aromatic nitrogens is 4. The Morgan fingerprint density at radius 1 is 1.55 bits per heavy atom. The van der Waals surface area contributed by atoms with Crippen molar-refractivity contribution in [2.75, 3.05) is 13.7 Å². The van der Waals surface area contributed by atoms with E-state index in [1.54, 1.807) is 11.8 Å². The average molecular weight is 156 g/mol. The fourth-order valence-electron chi connectivity index (χ4n) is 0.815. The number of aryl methyl sites for hydroxylation is 2. The Labute approximate surface area is 65.4 Å². The van der Waals surface area contributed by atoms with Gasteiger partial charge >= 0.3 is 0 Å². The number of hydrogen-bond donors (Lipinski definition) is 0. The second-order valence-corrected chi connectivity index (χ2v) is 2.30. The van der Waals surface area contributed by atoms with Gasteiger partial charge < -0.3 is 4.74 Å². The second kappa shape index (κ2) is 4.02. The Balaban J connectivity index is 2.32. The van der Waals surface area contributed by atoms with E-state index in [1.807, 2.05) is 6.92 Å². The quantitative estimate of drug-likeness (QED) is 0.576. The first-order chi connectivity index (χ1) is 5.34. The minimum Gasteiger partial charge on any atom is -0.385 e. The highest BCUT2D eigenvalue weighted by Crippen LogP contribution is 1.91. The van der Waals surface area contributed by atoms with Gasteiger partial charge in [-0.05, 0) is 23.8 Å². The lowest BCUT2D eigenvalue weighted by Gasteiger charge is -1.99. The van der Waals surface area contributed by atoms with Gasteiger partial charge in [0.25, 0.3) is 0 Å². The fourth-order valence-corrected chi connectivity index (χ4v) is 0.815. The summed E-state index contributed by atoms with van der Waals surface area (Å²) in [5.41, 5.74) is 0. The van der Waals surface area contributed by atoms with Crippen molar-refractivity contribution in [1.82, 2.24) is 20.2 Å². The number of hydrogen-bond acceptors (Lipinski definition) is 4. The minimum absolute atomic E-state index is 0.749. The summed E-state index contributed by atoms with van der Waals surface area (Å²) in [6.45, 7) is 3.46. The van der Waals surface area contributed by atoms with Crippen LogP contribution in [0.3, 0.4) is 0 Å². The highest BCUT2D eigenvalue weighted by Gasteiger charge is 1.97. The normalized spacial score (nSPS) is 10.4. The molecule has 0 aromatic carbocycles. The number of nitrogens with zero attached hydrogens (tertiary/aromatic N) is 4. The van der Waals surface area contributed by atoms with Crippen LogP contribution in [-0.2, 0) is 11.3 Å². The lowest BCUT2D eigenvalue weighted by atomic mass is 10.4. The van der Waals surface area contributed by atoms with Crippen molar-refractivity contribution >= 4 is 0 Å². The van der Waals surface area contributed by atoms with Crippen LogP contribution in [0, 0.1) is 6.92 Å². The molecule has 0 unspecified atom stereocenters. The van der Waals surface area contributed by atoms with Crippen LogP contribution in [0.4, 0.5) is 0 Å². The van der Waals surface area contributed by atoms with E-state index < -0.39 is 0 Å². The van der Waals surface area contributed by atoms with Crippen LogP contribution in [0.2, 0.25) is 0 Å². The maximum absolute atomic E-state index is 4.90. The summed E-state index contributed by atoms with van der Waals surface area (Å²) in [4.78, 5) is 0. The summed E-state index contributed by atoms with van der Waals surface area (Å²) >= 11 is 0. The molecule has 0 atom stereocenters. The highest BCUT2D eigenvalue weighted by molar-refractivity contribution is 4.72. The number of ether oxygens (including phenoxy) is 1. The zero-order chi connectivity index (χ0) is 8.10. The van der Waals surface area contributed by atoms with Crippen molar-refractivity contribution in [2.24, 2.45) is 0 Å². The third-order valence-corrected chi connectivity index (χ3v) is 1.43. The third kappa shape index (κ3) is 2.27. The molecule has 11 heavy (non-hydrogen) atoms. The van der Waals surface area contributed by atoms with E-state index in [0.717, 1.165) is 25.4 Å². The maximum Gasteiger partial charge on any atom is 0.148 e. The molecule has 0 saturated carbocycles. The van der Waals surface area contributed by atoms with Gasteiger partial charge in [-0.1, -0.05) is 0 Å². The van der Waals surface area contributed by atoms with Crippen molar-refractivity contribution in [3.8, 4) is 0 Å². The van der Waals surface area contributed by atoms with E-state index in [1.165, 1.54) is 0 Å². The largest absolute Gasteiger partial charge is 0.385 e. The monoisotopic (exact) mass is 156 g/mol. The molecular formula is C6H12N4O. The predicted octanol–water partition coefficient (Wildman–Crippen LogP) is 0.0180. The van der Waals surface area contributed by atoms with E-state index >= 15 is 0 Å². The number of rotatable bonds is 4. The Morgan fingerprint density at radius 3 is 2.91 bits per heavy atom. The molecule has 0 N–H and O–H groups in total. The summed E-state index contributed by atoms with van der Waals surface area (Å²) in [6, 6.07) is 0. The topological polar surface area (TPSA) is 52.8 Å². The van der Waals surface area contributed by atoms with E-state index in [9.17, 15) is 0 Å². The van der Waals surface area contributed by atoms with Crippen molar-refractivity contribution in [3.05, 3.63) is 5.82 Å². The molecule has 5 nitrogen and oxygen atoms in total. The van der Waals surface area contributed by atoms with Gasteiger partial charge in [0.15, 0.2) is 0 Å². The Morgan fingerprint density at radius 2 is 2.36 bits per heavy atom. The molecule has 0 amide bonds. The molecule has 1 aromatic rings. The van der Waals surface area contributed by atoms with Gasteiger partial charge in [0.2, 0.25) is 0 Å². The molecule has 0 bridgehead atoms. The van der Waals surface area contributed by atoms with Crippen molar-refractivity contribution in [1.29, 1.82) is 0 Å². The lowest BCUT2D eigenvalue weighted by Crippen LogP contribution is -2.05. The van der Waals surface area contributed by atoms with Gasteiger partial charge in [-0.15, -0.1) is 5.10 Å². The molecule has 0 aliphatic heterocycles. The molecule has 0 aliphatic carbocycles. The fraction of sp³-hybridized carbons (Fsp3) is 0.833. The maximum atomic E-state index is 4.90. The molecule has 1 heterocycles. The first-order valence-corrected chi connectivity index (χ1v) is 3.56. The van der Waals surface area contributed by atoms with Gasteiger partial charge in [0, 0.05) is 20.3 Å². The molecule has 1 aromatic heterocycles. The molecule has 0 radical (unpaired) electrons. The number of methoxy groups -OCH3 is 1. The average Bonchev–Trinajstić information content (AvgIpc) is 2.37. The summed E-state index contributed by atoms with van der Waals surface area (Å²) in [7, 11) is 1.69. The van der Waals surface area contributed by atoms with Gasteiger partial charge in [0.1, 0.15) is 5.82 Å². The first kappa shape index (κ1) is 8.13. The van der Waals surface area contributed by atoms with Gasteiger partial charge in [0.05, 0.1) is 0 Å². The van der Waals surface area contributed by atoms with Crippen molar-refractivity contribution in [3.63, 3.8) is 0 Å². The number of tetrazole rings is 1. The molecule has 1 rings (SSSR count). The molecule has 0 saturated heterocycles. The van der Waals surface area contributed by atoms with Crippen LogP contribution < -0.4 is 0 Å². The smallest absolute Gasteiger partial charge is 0.148 e. The second-order valence-electron chi connectivity index (χ2n) is 2.30. The zero-order valence-corrected chi connectivity index (χ0v) is 6.82. The zero-order valence-electron chi connectivity index (χ0n) is 6.82. The lowest BCUT2D eigenvalue weighted by molar-refractivity contribution is 0.188. The third-order valence-electron chi connectivity index (χ3n) is 1.43. The van der Waals surface area contributed by atoms with Gasteiger partial charge in [-0.3, -0.25) is 0 Å². The van der Waals surface area contributed by atoms with Crippen molar-refractivity contribution in [2.45, 2.75) is 19.9 Å². The van der Waals surface area contributed by atoms with Crippen LogP contribution in [0.25, 0.3) is 0 Å². The van der Waals surface area contributed by atoms with E-state index in [-0.39, 0.29) is 0 Å². The standard InChI is InChI=1S/C6H12N4O/c1-6-7-8-9-10(6)4-3-5-11-2/h3-5H2,1-2H3. The molecular weight excluding hydrogens is 144 g/mol. The van der Waals surface area contributed by atoms with Gasteiger partial charge in [-0.2, -0.15) is 0 Å². The summed E-state index contributed by atoms with van der Waals surface area (Å²) in [6.07, 6.45) is 0.947. The molecule has 0 aliphatic rings. The predicted molar refractivity (Wildman–Crippen MR) is 39.0 cm³/mol. The van der Waals surface area contributed by atoms with E-state index in [2.05, 4.69) is 15.5 Å². The van der Waals surface area contributed by atoms with Crippen LogP contribution >= 0.6 is 0 Å². The molecule has 5 heteroatoms. The van der Waals surface area contributed by atoms with E-state index in [4.69, 9.17) is 4.74 Å². The highest BCUT2D eigenvalue weighted by atomic mass is 16.5. The van der Waals surface area contributed by atoms with Crippen LogP contribution in [0.5, 0.6) is 0 Å². The Bertz CT molecular complexity index is 210. The first-order valence-electron chi connectivity index (χ1n) is 3.56.